The Hall–Kier alpha value is -1.24. The van der Waals surface area contributed by atoms with Gasteiger partial charge in [0.1, 0.15) is 0 Å². The summed E-state index contributed by atoms with van der Waals surface area (Å²) in [6.45, 7) is 3.99. The van der Waals surface area contributed by atoms with Gasteiger partial charge in [-0.05, 0) is 31.0 Å². The maximum absolute atomic E-state index is 12.5. The van der Waals surface area contributed by atoms with Gasteiger partial charge in [-0.15, -0.1) is 11.3 Å². The average Bonchev–Trinajstić information content (AvgIpc) is 2.85. The lowest BCUT2D eigenvalue weighted by Crippen LogP contribution is -2.27. The number of rotatable bonds is 4. The summed E-state index contributed by atoms with van der Waals surface area (Å²) in [6, 6.07) is 5.45. The summed E-state index contributed by atoms with van der Waals surface area (Å²) < 4.78 is 26.4. The van der Waals surface area contributed by atoms with Gasteiger partial charge in [0.25, 0.3) is 0 Å². The second-order valence-corrected chi connectivity index (χ2v) is 7.24. The first-order valence-corrected chi connectivity index (χ1v) is 8.20. The molecular weight excluding hydrogens is 280 g/mol. The Kier molecular flexibility index (Phi) is 4.03. The van der Waals surface area contributed by atoms with Crippen molar-refractivity contribution in [2.24, 2.45) is 0 Å². The van der Waals surface area contributed by atoms with Gasteiger partial charge in [-0.25, -0.2) is 13.4 Å². The van der Waals surface area contributed by atoms with Crippen LogP contribution in [0.4, 0.5) is 0 Å². The van der Waals surface area contributed by atoms with E-state index in [9.17, 15) is 8.42 Å². The van der Waals surface area contributed by atoms with E-state index in [1.807, 2.05) is 31.4 Å². The molecule has 1 aromatic heterocycles. The quantitative estimate of drug-likeness (QED) is 0.871. The number of hydrogen-bond acceptors (Lipinski definition) is 4. The largest absolute Gasteiger partial charge is 0.248 e. The predicted molar refractivity (Wildman–Crippen MR) is 76.7 cm³/mol. The summed E-state index contributed by atoms with van der Waals surface area (Å²) in [5, 5.41) is 1.86. The molecule has 2 rings (SSSR count). The van der Waals surface area contributed by atoms with E-state index in [1.165, 1.54) is 15.6 Å². The molecule has 0 amide bonds. The number of aromatic nitrogens is 1. The van der Waals surface area contributed by atoms with Crippen LogP contribution in [0.2, 0.25) is 0 Å². The molecule has 1 heterocycles. The van der Waals surface area contributed by atoms with Crippen LogP contribution in [0, 0.1) is 13.8 Å². The SMILES string of the molecule is Cc1ccc(C)c(S(=O)(=O)N(C)Cc2cscn2)c1. The summed E-state index contributed by atoms with van der Waals surface area (Å²) in [5.74, 6) is 0. The van der Waals surface area contributed by atoms with Crippen molar-refractivity contribution in [3.63, 3.8) is 0 Å². The Balaban J connectivity index is 2.33. The molecule has 0 unspecified atom stereocenters. The van der Waals surface area contributed by atoms with Crippen LogP contribution in [0.25, 0.3) is 0 Å². The highest BCUT2D eigenvalue weighted by Crippen LogP contribution is 2.21. The van der Waals surface area contributed by atoms with Crippen LogP contribution in [0.3, 0.4) is 0 Å². The van der Waals surface area contributed by atoms with Crippen molar-refractivity contribution in [3.8, 4) is 0 Å². The summed E-state index contributed by atoms with van der Waals surface area (Å²) in [7, 11) is -1.89. The number of nitrogens with zero attached hydrogens (tertiary/aromatic N) is 2. The van der Waals surface area contributed by atoms with Gasteiger partial charge in [-0.3, -0.25) is 0 Å². The van der Waals surface area contributed by atoms with Gasteiger partial charge >= 0.3 is 0 Å². The smallest absolute Gasteiger partial charge is 0.243 e. The number of benzene rings is 1. The first kappa shape index (κ1) is 14.2. The molecule has 0 aliphatic heterocycles. The number of aryl methyl sites for hydroxylation is 2. The van der Waals surface area contributed by atoms with Crippen LogP contribution in [-0.2, 0) is 16.6 Å². The van der Waals surface area contributed by atoms with E-state index in [-0.39, 0.29) is 0 Å². The molecule has 0 saturated carbocycles. The molecule has 6 heteroatoms. The minimum Gasteiger partial charge on any atom is -0.248 e. The van der Waals surface area contributed by atoms with Crippen LogP contribution >= 0.6 is 11.3 Å². The Labute approximate surface area is 117 Å². The molecule has 0 fully saturated rings. The Morgan fingerprint density at radius 3 is 2.68 bits per heavy atom. The second-order valence-electron chi connectivity index (χ2n) is 4.51. The normalized spacial score (nSPS) is 12.0. The van der Waals surface area contributed by atoms with E-state index in [0.717, 1.165) is 16.8 Å². The van der Waals surface area contributed by atoms with E-state index in [4.69, 9.17) is 0 Å². The van der Waals surface area contributed by atoms with E-state index in [0.29, 0.717) is 11.4 Å². The van der Waals surface area contributed by atoms with Gasteiger partial charge in [0.05, 0.1) is 22.6 Å². The van der Waals surface area contributed by atoms with Crippen molar-refractivity contribution in [3.05, 3.63) is 45.9 Å². The molecule has 0 saturated heterocycles. The van der Waals surface area contributed by atoms with Crippen LogP contribution in [0.1, 0.15) is 16.8 Å². The van der Waals surface area contributed by atoms with Gasteiger partial charge in [0.15, 0.2) is 0 Å². The van der Waals surface area contributed by atoms with Gasteiger partial charge in [-0.1, -0.05) is 12.1 Å². The molecule has 102 valence electrons. The maximum Gasteiger partial charge on any atom is 0.243 e. The summed E-state index contributed by atoms with van der Waals surface area (Å²) >= 11 is 1.46. The van der Waals surface area contributed by atoms with E-state index >= 15 is 0 Å². The molecule has 0 bridgehead atoms. The van der Waals surface area contributed by atoms with Crippen LogP contribution < -0.4 is 0 Å². The second kappa shape index (κ2) is 5.40. The van der Waals surface area contributed by atoms with Gasteiger partial charge < -0.3 is 0 Å². The molecule has 0 spiro atoms. The fraction of sp³-hybridized carbons (Fsp3) is 0.308. The van der Waals surface area contributed by atoms with Crippen molar-refractivity contribution in [1.82, 2.24) is 9.29 Å². The number of hydrogen-bond donors (Lipinski definition) is 0. The van der Waals surface area contributed by atoms with Gasteiger partial charge in [-0.2, -0.15) is 4.31 Å². The Bertz CT molecular complexity index is 664. The van der Waals surface area contributed by atoms with E-state index < -0.39 is 10.0 Å². The number of thiazole rings is 1. The highest BCUT2D eigenvalue weighted by Gasteiger charge is 2.23. The zero-order valence-corrected chi connectivity index (χ0v) is 12.8. The highest BCUT2D eigenvalue weighted by molar-refractivity contribution is 7.89. The first-order valence-electron chi connectivity index (χ1n) is 5.82. The minimum atomic E-state index is -3.47. The summed E-state index contributed by atoms with van der Waals surface area (Å²) in [6.07, 6.45) is 0. The molecular formula is C13H16N2O2S2. The molecule has 0 N–H and O–H groups in total. The molecule has 1 aromatic carbocycles. The third-order valence-corrected chi connectivity index (χ3v) is 5.48. The van der Waals surface area contributed by atoms with Crippen LogP contribution in [-0.4, -0.2) is 24.8 Å². The maximum atomic E-state index is 12.5. The van der Waals surface area contributed by atoms with Crippen LogP contribution in [0.15, 0.2) is 34.0 Å². The highest BCUT2D eigenvalue weighted by atomic mass is 32.2. The first-order chi connectivity index (χ1) is 8.91. The third-order valence-electron chi connectivity index (χ3n) is 2.90. The van der Waals surface area contributed by atoms with Crippen molar-refractivity contribution in [2.45, 2.75) is 25.3 Å². The summed E-state index contributed by atoms with van der Waals surface area (Å²) in [4.78, 5) is 4.48. The van der Waals surface area contributed by atoms with Crippen molar-refractivity contribution >= 4 is 21.4 Å². The third kappa shape index (κ3) is 3.02. The van der Waals surface area contributed by atoms with Crippen molar-refractivity contribution in [1.29, 1.82) is 0 Å². The lowest BCUT2D eigenvalue weighted by atomic mass is 10.2. The van der Waals surface area contributed by atoms with Crippen LogP contribution in [0.5, 0.6) is 0 Å². The van der Waals surface area contributed by atoms with Gasteiger partial charge in [0.2, 0.25) is 10.0 Å². The minimum absolute atomic E-state index is 0.291. The molecule has 0 aliphatic rings. The monoisotopic (exact) mass is 296 g/mol. The molecule has 4 nitrogen and oxygen atoms in total. The average molecular weight is 296 g/mol. The standard InChI is InChI=1S/C13H16N2O2S2/c1-10-4-5-11(2)13(6-10)19(16,17)15(3)7-12-8-18-9-14-12/h4-6,8-9H,7H2,1-3H3. The molecule has 0 radical (unpaired) electrons. The lowest BCUT2D eigenvalue weighted by molar-refractivity contribution is 0.462. The molecule has 0 aliphatic carbocycles. The molecule has 19 heavy (non-hydrogen) atoms. The molecule has 0 atom stereocenters. The van der Waals surface area contributed by atoms with Crippen molar-refractivity contribution in [2.75, 3.05) is 7.05 Å². The number of sulfonamides is 1. The fourth-order valence-electron chi connectivity index (χ4n) is 1.78. The van der Waals surface area contributed by atoms with E-state index in [2.05, 4.69) is 4.98 Å². The van der Waals surface area contributed by atoms with Crippen molar-refractivity contribution < 1.29 is 8.42 Å². The zero-order valence-electron chi connectivity index (χ0n) is 11.1. The zero-order chi connectivity index (χ0) is 14.0. The lowest BCUT2D eigenvalue weighted by Gasteiger charge is -2.18. The summed E-state index contributed by atoms with van der Waals surface area (Å²) in [5.41, 5.74) is 4.16. The molecule has 2 aromatic rings. The Morgan fingerprint density at radius 1 is 1.32 bits per heavy atom. The van der Waals surface area contributed by atoms with Gasteiger partial charge in [0, 0.05) is 12.4 Å². The predicted octanol–water partition coefficient (Wildman–Crippen LogP) is 2.58. The Morgan fingerprint density at radius 2 is 2.05 bits per heavy atom. The fourth-order valence-corrected chi connectivity index (χ4v) is 3.78. The topological polar surface area (TPSA) is 50.3 Å². The van der Waals surface area contributed by atoms with E-state index in [1.54, 1.807) is 18.6 Å².